The Hall–Kier alpha value is -0.850. The number of halogens is 1. The number of aromatic nitrogens is 3. The molecule has 4 nitrogen and oxygen atoms in total. The van der Waals surface area contributed by atoms with E-state index in [-0.39, 0.29) is 0 Å². The predicted molar refractivity (Wildman–Crippen MR) is 77.8 cm³/mol. The first-order valence-electron chi connectivity index (χ1n) is 5.41. The van der Waals surface area contributed by atoms with E-state index < -0.39 is 0 Å². The molecule has 0 bridgehead atoms. The summed E-state index contributed by atoms with van der Waals surface area (Å²) < 4.78 is 0. The summed E-state index contributed by atoms with van der Waals surface area (Å²) in [6.07, 6.45) is 3.75. The Labute approximate surface area is 119 Å². The zero-order chi connectivity index (χ0) is 13.0. The molecule has 7 heteroatoms. The second-order valence-corrected chi connectivity index (χ2v) is 5.80. The summed E-state index contributed by atoms with van der Waals surface area (Å²) in [5.41, 5.74) is 0. The van der Waals surface area contributed by atoms with Crippen molar-refractivity contribution in [2.45, 2.75) is 18.0 Å². The van der Waals surface area contributed by atoms with E-state index in [0.717, 1.165) is 17.4 Å². The quantitative estimate of drug-likeness (QED) is 0.520. The third kappa shape index (κ3) is 3.57. The number of thioether (sulfide) groups is 1. The predicted octanol–water partition coefficient (Wildman–Crippen LogP) is 3.52. The van der Waals surface area contributed by atoms with Gasteiger partial charge in [-0.3, -0.25) is 0 Å². The van der Waals surface area contributed by atoms with E-state index in [1.165, 1.54) is 11.8 Å². The molecule has 0 aliphatic heterocycles. The smallest absolute Gasteiger partial charge is 0.190 e. The average molecular weight is 301 g/mol. The first kappa shape index (κ1) is 13.6. The lowest BCUT2D eigenvalue weighted by Crippen LogP contribution is -2.11. The molecule has 0 saturated carbocycles. The average Bonchev–Trinajstić information content (AvgIpc) is 2.89. The maximum atomic E-state index is 5.93. The molecule has 0 radical (unpaired) electrons. The number of thiazole rings is 1. The molecule has 0 aliphatic rings. The van der Waals surface area contributed by atoms with Gasteiger partial charge >= 0.3 is 0 Å². The van der Waals surface area contributed by atoms with Gasteiger partial charge in [-0.15, -0.1) is 11.3 Å². The zero-order valence-electron chi connectivity index (χ0n) is 10.1. The lowest BCUT2D eigenvalue weighted by molar-refractivity contribution is 0.788. The Bertz CT molecular complexity index is 504. The number of anilines is 1. The van der Waals surface area contributed by atoms with Crippen molar-refractivity contribution in [3.05, 3.63) is 27.8 Å². The first-order valence-corrected chi connectivity index (χ1v) is 7.89. The highest BCUT2D eigenvalue weighted by Gasteiger charge is 2.09. The topological polar surface area (TPSA) is 50.7 Å². The van der Waals surface area contributed by atoms with Crippen LogP contribution in [0.25, 0.3) is 0 Å². The SMILES string of the molecule is CSc1nc(Cl)cc(NCC(C)c2nccs2)n1. The third-order valence-electron chi connectivity index (χ3n) is 2.32. The summed E-state index contributed by atoms with van der Waals surface area (Å²) in [5, 5.41) is 7.50. The van der Waals surface area contributed by atoms with E-state index in [9.17, 15) is 0 Å². The lowest BCUT2D eigenvalue weighted by Gasteiger charge is -2.11. The minimum Gasteiger partial charge on any atom is -0.369 e. The molecule has 0 aromatic carbocycles. The van der Waals surface area contributed by atoms with Gasteiger partial charge in [0, 0.05) is 30.1 Å². The molecule has 0 fully saturated rings. The van der Waals surface area contributed by atoms with E-state index in [0.29, 0.717) is 16.2 Å². The number of hydrogen-bond acceptors (Lipinski definition) is 6. The van der Waals surface area contributed by atoms with Crippen LogP contribution in [0.3, 0.4) is 0 Å². The van der Waals surface area contributed by atoms with E-state index >= 15 is 0 Å². The summed E-state index contributed by atoms with van der Waals surface area (Å²) in [6, 6.07) is 1.73. The van der Waals surface area contributed by atoms with Crippen molar-refractivity contribution in [2.24, 2.45) is 0 Å². The molecule has 1 unspecified atom stereocenters. The van der Waals surface area contributed by atoms with Gasteiger partial charge in [-0.1, -0.05) is 30.3 Å². The first-order chi connectivity index (χ1) is 8.69. The molecule has 1 N–H and O–H groups in total. The summed E-state index contributed by atoms with van der Waals surface area (Å²) in [6.45, 7) is 2.90. The number of nitrogens with one attached hydrogen (secondary N) is 1. The molecule has 2 rings (SSSR count). The fourth-order valence-electron chi connectivity index (χ4n) is 1.40. The summed E-state index contributed by atoms with van der Waals surface area (Å²) in [5.74, 6) is 1.10. The molecular formula is C11H13ClN4S2. The van der Waals surface area contributed by atoms with Crippen molar-refractivity contribution >= 4 is 40.5 Å². The van der Waals surface area contributed by atoms with Gasteiger partial charge in [-0.2, -0.15) is 0 Å². The van der Waals surface area contributed by atoms with Crippen molar-refractivity contribution in [3.8, 4) is 0 Å². The van der Waals surface area contributed by atoms with Crippen molar-refractivity contribution in [2.75, 3.05) is 18.1 Å². The molecule has 0 spiro atoms. The van der Waals surface area contributed by atoms with Gasteiger partial charge in [0.1, 0.15) is 11.0 Å². The Morgan fingerprint density at radius 2 is 2.33 bits per heavy atom. The van der Waals surface area contributed by atoms with E-state index in [2.05, 4.69) is 27.2 Å². The van der Waals surface area contributed by atoms with Crippen molar-refractivity contribution in [3.63, 3.8) is 0 Å². The highest BCUT2D eigenvalue weighted by atomic mass is 35.5. The monoisotopic (exact) mass is 300 g/mol. The Kier molecular flexibility index (Phi) is 4.79. The van der Waals surface area contributed by atoms with Crippen LogP contribution in [0, 0.1) is 0 Å². The highest BCUT2D eigenvalue weighted by Crippen LogP contribution is 2.20. The van der Waals surface area contributed by atoms with Gasteiger partial charge in [-0.25, -0.2) is 15.0 Å². The molecule has 96 valence electrons. The minimum absolute atomic E-state index is 0.344. The Balaban J connectivity index is 1.99. The molecule has 0 amide bonds. The molecule has 0 saturated heterocycles. The van der Waals surface area contributed by atoms with Crippen molar-refractivity contribution in [1.82, 2.24) is 15.0 Å². The lowest BCUT2D eigenvalue weighted by atomic mass is 10.2. The molecule has 1 atom stereocenters. The van der Waals surface area contributed by atoms with Gasteiger partial charge in [0.15, 0.2) is 5.16 Å². The highest BCUT2D eigenvalue weighted by molar-refractivity contribution is 7.98. The molecule has 2 heterocycles. The number of hydrogen-bond donors (Lipinski definition) is 1. The van der Waals surface area contributed by atoms with Crippen LogP contribution in [0.15, 0.2) is 22.8 Å². The second kappa shape index (κ2) is 6.36. The second-order valence-electron chi connectivity index (χ2n) is 3.71. The van der Waals surface area contributed by atoms with Crippen LogP contribution in [0.2, 0.25) is 5.15 Å². The minimum atomic E-state index is 0.344. The van der Waals surface area contributed by atoms with Crippen LogP contribution in [0.1, 0.15) is 17.8 Å². The summed E-state index contributed by atoms with van der Waals surface area (Å²) >= 11 is 9.06. The Morgan fingerprint density at radius 1 is 1.50 bits per heavy atom. The fourth-order valence-corrected chi connectivity index (χ4v) is 2.71. The van der Waals surface area contributed by atoms with Crippen molar-refractivity contribution in [1.29, 1.82) is 0 Å². The van der Waals surface area contributed by atoms with Crippen LogP contribution in [0.4, 0.5) is 5.82 Å². The number of rotatable bonds is 5. The van der Waals surface area contributed by atoms with Gasteiger partial charge in [0.2, 0.25) is 0 Å². The van der Waals surface area contributed by atoms with Crippen LogP contribution < -0.4 is 5.32 Å². The van der Waals surface area contributed by atoms with Gasteiger partial charge < -0.3 is 5.32 Å². The summed E-state index contributed by atoms with van der Waals surface area (Å²) in [7, 11) is 0. The number of nitrogens with zero attached hydrogens (tertiary/aromatic N) is 3. The Morgan fingerprint density at radius 3 is 3.00 bits per heavy atom. The normalized spacial score (nSPS) is 12.4. The van der Waals surface area contributed by atoms with Gasteiger partial charge in [0.05, 0.1) is 5.01 Å². The molecular weight excluding hydrogens is 288 g/mol. The van der Waals surface area contributed by atoms with Gasteiger partial charge in [0.25, 0.3) is 0 Å². The largest absolute Gasteiger partial charge is 0.369 e. The maximum absolute atomic E-state index is 5.93. The molecule has 0 aliphatic carbocycles. The maximum Gasteiger partial charge on any atom is 0.190 e. The van der Waals surface area contributed by atoms with Crippen LogP contribution >= 0.6 is 34.7 Å². The molecule has 18 heavy (non-hydrogen) atoms. The van der Waals surface area contributed by atoms with E-state index in [1.807, 2.05) is 17.8 Å². The van der Waals surface area contributed by atoms with Crippen molar-refractivity contribution < 1.29 is 0 Å². The third-order valence-corrected chi connectivity index (χ3v) is 4.07. The standard InChI is InChI=1S/C11H13ClN4S2/c1-7(10-13-3-4-18-10)6-14-9-5-8(12)15-11(16-9)17-2/h3-5,7H,6H2,1-2H3,(H,14,15,16). The zero-order valence-corrected chi connectivity index (χ0v) is 12.4. The van der Waals surface area contributed by atoms with Crippen LogP contribution in [0.5, 0.6) is 0 Å². The van der Waals surface area contributed by atoms with E-state index in [1.54, 1.807) is 17.4 Å². The summed E-state index contributed by atoms with van der Waals surface area (Å²) in [4.78, 5) is 12.7. The molecule has 2 aromatic heterocycles. The van der Waals surface area contributed by atoms with Crippen LogP contribution in [-0.4, -0.2) is 27.8 Å². The fraction of sp³-hybridized carbons (Fsp3) is 0.364. The molecule has 2 aromatic rings. The van der Waals surface area contributed by atoms with Gasteiger partial charge in [-0.05, 0) is 6.26 Å². The van der Waals surface area contributed by atoms with Crippen LogP contribution in [-0.2, 0) is 0 Å². The van der Waals surface area contributed by atoms with E-state index in [4.69, 9.17) is 11.6 Å².